The van der Waals surface area contributed by atoms with E-state index in [-0.39, 0.29) is 60.3 Å². The highest BCUT2D eigenvalue weighted by molar-refractivity contribution is 7.92. The van der Waals surface area contributed by atoms with E-state index in [1.165, 1.54) is 29.2 Å². The fourth-order valence-electron chi connectivity index (χ4n) is 4.98. The zero-order chi connectivity index (χ0) is 31.6. The summed E-state index contributed by atoms with van der Waals surface area (Å²) in [5, 5.41) is 12.8. The number of urea groups is 1. The van der Waals surface area contributed by atoms with Gasteiger partial charge in [-0.1, -0.05) is 24.6 Å². The van der Waals surface area contributed by atoms with Gasteiger partial charge in [0.05, 0.1) is 29.7 Å². The van der Waals surface area contributed by atoms with Crippen molar-refractivity contribution in [3.05, 3.63) is 71.8 Å². The van der Waals surface area contributed by atoms with Gasteiger partial charge >= 0.3 is 6.03 Å². The number of sulfonamides is 1. The molecule has 2 aliphatic rings. The fraction of sp³-hybridized carbons (Fsp3) is 0.355. The number of anilines is 2. The van der Waals surface area contributed by atoms with Crippen LogP contribution < -0.4 is 24.2 Å². The summed E-state index contributed by atoms with van der Waals surface area (Å²) in [5.41, 5.74) is 1.78. The molecule has 0 spiro atoms. The Balaban J connectivity index is 1.38. The Morgan fingerprint density at radius 2 is 1.73 bits per heavy atom. The van der Waals surface area contributed by atoms with Crippen LogP contribution in [-0.2, 0) is 10.0 Å². The van der Waals surface area contributed by atoms with Crippen LogP contribution in [0.2, 0.25) is 0 Å². The van der Waals surface area contributed by atoms with E-state index >= 15 is 0 Å². The van der Waals surface area contributed by atoms with Crippen molar-refractivity contribution in [2.24, 2.45) is 5.92 Å². The SMILES string of the molecule is Cc1ccc(S(=O)(=O)Nc2ccc3c(c2)C(=O)N([C@@H](C)CO)C[C@H](C)[C@@H](CN(C)C(=O)Nc2ccc4c(c2)OCO4)O3)cc1. The molecule has 2 aliphatic heterocycles. The summed E-state index contributed by atoms with van der Waals surface area (Å²) in [7, 11) is -2.28. The minimum Gasteiger partial charge on any atom is -0.487 e. The summed E-state index contributed by atoms with van der Waals surface area (Å²) >= 11 is 0. The number of fused-ring (bicyclic) bond motifs is 2. The molecule has 0 saturated heterocycles. The number of nitrogens with one attached hydrogen (secondary N) is 2. The summed E-state index contributed by atoms with van der Waals surface area (Å²) in [4.78, 5) is 30.0. The molecular weight excluding hydrogens is 588 g/mol. The first-order chi connectivity index (χ1) is 20.9. The second-order valence-electron chi connectivity index (χ2n) is 11.1. The van der Waals surface area contributed by atoms with Crippen LogP contribution in [0.4, 0.5) is 16.2 Å². The maximum atomic E-state index is 13.7. The second kappa shape index (κ2) is 12.6. The van der Waals surface area contributed by atoms with E-state index in [2.05, 4.69) is 10.0 Å². The van der Waals surface area contributed by atoms with Gasteiger partial charge in [-0.2, -0.15) is 0 Å². The maximum absolute atomic E-state index is 13.7. The molecule has 5 rings (SSSR count). The number of amides is 3. The van der Waals surface area contributed by atoms with Gasteiger partial charge in [-0.3, -0.25) is 9.52 Å². The standard InChI is InChI=1S/C31H36N4O8S/c1-19-5-9-24(10-6-19)44(39,40)33-23-8-11-26-25(13-23)30(37)35(21(3)17-36)15-20(2)29(43-26)16-34(4)31(38)32-22-7-12-27-28(14-22)42-18-41-27/h5-14,20-21,29,33,36H,15-18H2,1-4H3,(H,32,38)/t20-,21-,29+/m0/s1. The topological polar surface area (TPSA) is 147 Å². The van der Waals surface area contributed by atoms with Crippen molar-refractivity contribution < 1.29 is 37.3 Å². The molecule has 3 N–H and O–H groups in total. The van der Waals surface area contributed by atoms with Gasteiger partial charge < -0.3 is 34.4 Å². The first kappa shape index (κ1) is 31.0. The number of nitrogens with zero attached hydrogens (tertiary/aromatic N) is 2. The minimum absolute atomic E-state index is 0.0869. The number of aliphatic hydroxyl groups is 1. The molecule has 3 amide bonds. The highest BCUT2D eigenvalue weighted by atomic mass is 32.2. The van der Waals surface area contributed by atoms with Crippen molar-refractivity contribution >= 4 is 33.3 Å². The van der Waals surface area contributed by atoms with Crippen molar-refractivity contribution in [1.29, 1.82) is 0 Å². The van der Waals surface area contributed by atoms with E-state index in [1.54, 1.807) is 55.3 Å². The Morgan fingerprint density at radius 1 is 1.05 bits per heavy atom. The van der Waals surface area contributed by atoms with Crippen molar-refractivity contribution in [2.45, 2.75) is 37.8 Å². The van der Waals surface area contributed by atoms with E-state index in [0.29, 0.717) is 17.2 Å². The van der Waals surface area contributed by atoms with E-state index in [0.717, 1.165) is 5.56 Å². The smallest absolute Gasteiger partial charge is 0.321 e. The number of hydrogen-bond acceptors (Lipinski definition) is 8. The number of ether oxygens (including phenoxy) is 3. The molecule has 234 valence electrons. The van der Waals surface area contributed by atoms with Crippen LogP contribution in [0.3, 0.4) is 0 Å². The predicted molar refractivity (Wildman–Crippen MR) is 164 cm³/mol. The van der Waals surface area contributed by atoms with Crippen LogP contribution >= 0.6 is 0 Å². The monoisotopic (exact) mass is 624 g/mol. The second-order valence-corrected chi connectivity index (χ2v) is 12.8. The largest absolute Gasteiger partial charge is 0.487 e. The Hall–Kier alpha value is -4.49. The lowest BCUT2D eigenvalue weighted by atomic mass is 9.99. The van der Waals surface area contributed by atoms with Crippen molar-refractivity contribution in [1.82, 2.24) is 9.80 Å². The summed E-state index contributed by atoms with van der Waals surface area (Å²) in [6.07, 6.45) is -0.544. The quantitative estimate of drug-likeness (QED) is 0.342. The minimum atomic E-state index is -3.92. The van der Waals surface area contributed by atoms with Crippen molar-refractivity contribution in [3.8, 4) is 17.2 Å². The van der Waals surface area contributed by atoms with Crippen LogP contribution in [0.25, 0.3) is 0 Å². The van der Waals surface area contributed by atoms with E-state index in [9.17, 15) is 23.1 Å². The van der Waals surface area contributed by atoms with E-state index in [4.69, 9.17) is 14.2 Å². The van der Waals surface area contributed by atoms with Gasteiger partial charge in [0, 0.05) is 37.0 Å². The molecule has 3 aromatic rings. The van der Waals surface area contributed by atoms with Crippen LogP contribution in [-0.4, -0.2) is 80.9 Å². The van der Waals surface area contributed by atoms with Crippen LogP contribution in [0, 0.1) is 12.8 Å². The molecule has 2 heterocycles. The Morgan fingerprint density at radius 3 is 2.45 bits per heavy atom. The Bertz CT molecular complexity index is 1650. The van der Waals surface area contributed by atoms with Gasteiger partial charge in [0.15, 0.2) is 11.5 Å². The number of hydrogen-bond donors (Lipinski definition) is 3. The van der Waals surface area contributed by atoms with Crippen LogP contribution in [0.5, 0.6) is 17.2 Å². The van der Waals surface area contributed by atoms with Crippen LogP contribution in [0.1, 0.15) is 29.8 Å². The van der Waals surface area contributed by atoms with Crippen LogP contribution in [0.15, 0.2) is 65.6 Å². The van der Waals surface area contributed by atoms with Gasteiger partial charge in [0.25, 0.3) is 15.9 Å². The number of aliphatic hydroxyl groups excluding tert-OH is 1. The number of carbonyl (C=O) groups is 2. The van der Waals surface area contributed by atoms with E-state index < -0.39 is 28.1 Å². The van der Waals surface area contributed by atoms with Gasteiger partial charge in [0.2, 0.25) is 6.79 Å². The summed E-state index contributed by atoms with van der Waals surface area (Å²) in [6.45, 7) is 5.78. The maximum Gasteiger partial charge on any atom is 0.321 e. The molecule has 0 saturated carbocycles. The molecule has 44 heavy (non-hydrogen) atoms. The van der Waals surface area contributed by atoms with Gasteiger partial charge in [0.1, 0.15) is 11.9 Å². The molecular formula is C31H36N4O8S. The summed E-state index contributed by atoms with van der Waals surface area (Å²) in [6, 6.07) is 15.2. The number of carbonyl (C=O) groups excluding carboxylic acids is 2. The summed E-state index contributed by atoms with van der Waals surface area (Å²) in [5.74, 6) is 0.750. The van der Waals surface area contributed by atoms with Gasteiger partial charge in [-0.15, -0.1) is 0 Å². The molecule has 13 heteroatoms. The Labute approximate surface area is 256 Å². The molecule has 0 radical (unpaired) electrons. The Kier molecular flexibility index (Phi) is 8.88. The van der Waals surface area contributed by atoms with Gasteiger partial charge in [-0.05, 0) is 56.3 Å². The molecule has 3 atom stereocenters. The highest BCUT2D eigenvalue weighted by Gasteiger charge is 2.34. The molecule has 0 unspecified atom stereocenters. The molecule has 0 aliphatic carbocycles. The van der Waals surface area contributed by atoms with E-state index in [1.807, 2.05) is 13.8 Å². The lowest BCUT2D eigenvalue weighted by Crippen LogP contribution is -2.50. The highest BCUT2D eigenvalue weighted by Crippen LogP contribution is 2.35. The first-order valence-electron chi connectivity index (χ1n) is 14.2. The summed E-state index contributed by atoms with van der Waals surface area (Å²) < 4.78 is 45.7. The normalized spacial score (nSPS) is 18.4. The lowest BCUT2D eigenvalue weighted by Gasteiger charge is -2.38. The van der Waals surface area contributed by atoms with Crippen molar-refractivity contribution in [2.75, 3.05) is 43.6 Å². The fourth-order valence-corrected chi connectivity index (χ4v) is 6.03. The number of benzene rings is 3. The number of aryl methyl sites for hydroxylation is 1. The molecule has 0 fully saturated rings. The average Bonchev–Trinajstić information content (AvgIpc) is 3.47. The van der Waals surface area contributed by atoms with Crippen molar-refractivity contribution in [3.63, 3.8) is 0 Å². The number of likely N-dealkylation sites (N-methyl/N-ethyl adjacent to an activating group) is 1. The first-order valence-corrected chi connectivity index (χ1v) is 15.7. The molecule has 12 nitrogen and oxygen atoms in total. The lowest BCUT2D eigenvalue weighted by molar-refractivity contribution is 0.0371. The average molecular weight is 625 g/mol. The third-order valence-corrected chi connectivity index (χ3v) is 9.07. The third-order valence-electron chi connectivity index (χ3n) is 7.67. The number of rotatable bonds is 8. The third kappa shape index (κ3) is 6.68. The zero-order valence-electron chi connectivity index (χ0n) is 24.9. The molecule has 0 bridgehead atoms. The zero-order valence-corrected chi connectivity index (χ0v) is 25.8. The van der Waals surface area contributed by atoms with Gasteiger partial charge in [-0.25, -0.2) is 13.2 Å². The predicted octanol–water partition coefficient (Wildman–Crippen LogP) is 3.91. The molecule has 0 aromatic heterocycles. The molecule has 3 aromatic carbocycles.